The number of H-pyrrole nitrogens is 1. The third-order valence-electron chi connectivity index (χ3n) is 5.16. The zero-order valence-corrected chi connectivity index (χ0v) is 17.7. The second-order valence-corrected chi connectivity index (χ2v) is 7.44. The zero-order valence-electron chi connectivity index (χ0n) is 16.2. The summed E-state index contributed by atoms with van der Waals surface area (Å²) in [6, 6.07) is 17.0. The van der Waals surface area contributed by atoms with Gasteiger partial charge < -0.3 is 9.88 Å². The van der Waals surface area contributed by atoms with E-state index < -0.39 is 0 Å². The van der Waals surface area contributed by atoms with Crippen molar-refractivity contribution >= 4 is 35.6 Å². The number of carbonyl (C=O) groups is 1. The van der Waals surface area contributed by atoms with E-state index in [9.17, 15) is 4.79 Å². The number of aromatic amines is 1. The van der Waals surface area contributed by atoms with Gasteiger partial charge in [-0.25, -0.2) is 4.98 Å². The van der Waals surface area contributed by atoms with E-state index in [0.29, 0.717) is 30.1 Å². The van der Waals surface area contributed by atoms with E-state index in [1.165, 1.54) is 0 Å². The van der Waals surface area contributed by atoms with E-state index in [1.807, 2.05) is 42.5 Å². The number of benzene rings is 2. The summed E-state index contributed by atoms with van der Waals surface area (Å²) in [7, 11) is 0. The van der Waals surface area contributed by atoms with Crippen molar-refractivity contribution in [1.82, 2.24) is 14.9 Å². The molecule has 2 aromatic carbocycles. The SMILES string of the molecule is Cl.N#Cc1ccc(CC(c2ncc[nH]2)N2CCN(c3cccc(Cl)c3)C(=O)C2)cc1. The largest absolute Gasteiger partial charge is 0.347 e. The molecular weight excluding hydrogens is 421 g/mol. The van der Waals surface area contributed by atoms with Gasteiger partial charge in [0.05, 0.1) is 24.2 Å². The summed E-state index contributed by atoms with van der Waals surface area (Å²) in [4.78, 5) is 24.5. The number of hydrogen-bond acceptors (Lipinski definition) is 4. The molecule has 0 spiro atoms. The fourth-order valence-corrected chi connectivity index (χ4v) is 3.86. The van der Waals surface area contributed by atoms with Crippen molar-refractivity contribution in [3.63, 3.8) is 0 Å². The van der Waals surface area contributed by atoms with Crippen LogP contribution in [0.15, 0.2) is 60.9 Å². The summed E-state index contributed by atoms with van der Waals surface area (Å²) in [5.74, 6) is 0.869. The van der Waals surface area contributed by atoms with Crippen LogP contribution in [-0.4, -0.2) is 40.4 Å². The van der Waals surface area contributed by atoms with Crippen molar-refractivity contribution in [1.29, 1.82) is 5.26 Å². The Kier molecular flexibility index (Phi) is 7.11. The average molecular weight is 442 g/mol. The number of aromatic nitrogens is 2. The molecule has 1 unspecified atom stereocenters. The number of amides is 1. The van der Waals surface area contributed by atoms with Gasteiger partial charge in [0.15, 0.2) is 0 Å². The van der Waals surface area contributed by atoms with Gasteiger partial charge in [0, 0.05) is 36.2 Å². The Labute approximate surface area is 186 Å². The van der Waals surface area contributed by atoms with Gasteiger partial charge in [-0.3, -0.25) is 9.69 Å². The van der Waals surface area contributed by atoms with Crippen molar-refractivity contribution in [2.24, 2.45) is 0 Å². The topological polar surface area (TPSA) is 76.0 Å². The molecule has 154 valence electrons. The Morgan fingerprint density at radius 2 is 2.00 bits per heavy atom. The minimum absolute atomic E-state index is 0. The van der Waals surface area contributed by atoms with Crippen molar-refractivity contribution in [3.8, 4) is 6.07 Å². The predicted molar refractivity (Wildman–Crippen MR) is 119 cm³/mol. The summed E-state index contributed by atoms with van der Waals surface area (Å²) in [5.41, 5.74) is 2.55. The van der Waals surface area contributed by atoms with Crippen LogP contribution in [-0.2, 0) is 11.2 Å². The van der Waals surface area contributed by atoms with Crippen LogP contribution in [0.1, 0.15) is 23.0 Å². The van der Waals surface area contributed by atoms with Crippen LogP contribution in [0, 0.1) is 11.3 Å². The summed E-state index contributed by atoms with van der Waals surface area (Å²) >= 11 is 6.09. The number of hydrogen-bond donors (Lipinski definition) is 1. The third kappa shape index (κ3) is 4.82. The molecule has 4 rings (SSSR count). The molecule has 0 aliphatic carbocycles. The number of rotatable bonds is 5. The predicted octanol–water partition coefficient (Wildman–Crippen LogP) is 3.99. The molecule has 0 radical (unpaired) electrons. The van der Waals surface area contributed by atoms with Gasteiger partial charge in [0.1, 0.15) is 5.82 Å². The molecule has 1 aromatic heterocycles. The van der Waals surface area contributed by atoms with E-state index in [2.05, 4.69) is 20.9 Å². The molecule has 1 N–H and O–H groups in total. The number of nitriles is 1. The Morgan fingerprint density at radius 3 is 2.63 bits per heavy atom. The minimum Gasteiger partial charge on any atom is -0.347 e. The number of nitrogens with zero attached hydrogens (tertiary/aromatic N) is 4. The van der Waals surface area contributed by atoms with Gasteiger partial charge in [-0.2, -0.15) is 5.26 Å². The van der Waals surface area contributed by atoms with Crippen LogP contribution >= 0.6 is 24.0 Å². The maximum Gasteiger partial charge on any atom is 0.241 e. The first-order chi connectivity index (χ1) is 14.1. The molecule has 1 atom stereocenters. The lowest BCUT2D eigenvalue weighted by Crippen LogP contribution is -2.52. The van der Waals surface area contributed by atoms with Crippen molar-refractivity contribution in [2.45, 2.75) is 12.5 Å². The molecule has 2 heterocycles. The lowest BCUT2D eigenvalue weighted by molar-refractivity contribution is -0.122. The fraction of sp³-hybridized carbons (Fsp3) is 0.227. The van der Waals surface area contributed by atoms with Crippen molar-refractivity contribution in [3.05, 3.63) is 82.9 Å². The van der Waals surface area contributed by atoms with Crippen LogP contribution < -0.4 is 4.90 Å². The highest BCUT2D eigenvalue weighted by Gasteiger charge is 2.31. The second-order valence-electron chi connectivity index (χ2n) is 7.00. The van der Waals surface area contributed by atoms with Crippen LogP contribution in [0.5, 0.6) is 0 Å². The van der Waals surface area contributed by atoms with Gasteiger partial charge in [-0.05, 0) is 42.3 Å². The number of piperazine rings is 1. The molecule has 8 heteroatoms. The zero-order chi connectivity index (χ0) is 20.2. The summed E-state index contributed by atoms with van der Waals surface area (Å²) in [5, 5.41) is 9.62. The molecule has 1 amide bonds. The van der Waals surface area contributed by atoms with E-state index in [4.69, 9.17) is 16.9 Å². The van der Waals surface area contributed by atoms with Crippen molar-refractivity contribution < 1.29 is 4.79 Å². The van der Waals surface area contributed by atoms with Crippen LogP contribution in [0.2, 0.25) is 5.02 Å². The lowest BCUT2D eigenvalue weighted by atomic mass is 10.0. The molecule has 1 saturated heterocycles. The summed E-state index contributed by atoms with van der Waals surface area (Å²) in [6.45, 7) is 1.61. The molecule has 1 fully saturated rings. The Bertz CT molecular complexity index is 1030. The molecule has 3 aromatic rings. The number of anilines is 1. The monoisotopic (exact) mass is 441 g/mol. The molecule has 6 nitrogen and oxygen atoms in total. The molecule has 1 aliphatic rings. The van der Waals surface area contributed by atoms with E-state index in [0.717, 1.165) is 23.6 Å². The smallest absolute Gasteiger partial charge is 0.241 e. The molecule has 0 bridgehead atoms. The normalized spacial score (nSPS) is 15.3. The first kappa shape index (κ1) is 21.8. The summed E-state index contributed by atoms with van der Waals surface area (Å²) in [6.07, 6.45) is 4.22. The first-order valence-corrected chi connectivity index (χ1v) is 9.80. The maximum atomic E-state index is 12.9. The highest BCUT2D eigenvalue weighted by Crippen LogP contribution is 2.27. The lowest BCUT2D eigenvalue weighted by Gasteiger charge is -2.38. The summed E-state index contributed by atoms with van der Waals surface area (Å²) < 4.78 is 0. The third-order valence-corrected chi connectivity index (χ3v) is 5.39. The van der Waals surface area contributed by atoms with Crippen molar-refractivity contribution in [2.75, 3.05) is 24.5 Å². The quantitative estimate of drug-likeness (QED) is 0.649. The highest BCUT2D eigenvalue weighted by atomic mass is 35.5. The fourth-order valence-electron chi connectivity index (χ4n) is 3.67. The van der Waals surface area contributed by atoms with Gasteiger partial charge in [0.2, 0.25) is 5.91 Å². The standard InChI is InChI=1S/C22H20ClN5O.ClH/c23-18-2-1-3-19(13-18)28-11-10-27(15-21(28)29)20(22-25-8-9-26-22)12-16-4-6-17(14-24)7-5-16;/h1-9,13,20H,10-12,15H2,(H,25,26);1H. The van der Waals surface area contributed by atoms with Gasteiger partial charge >= 0.3 is 0 Å². The molecule has 1 aliphatic heterocycles. The second kappa shape index (κ2) is 9.77. The van der Waals surface area contributed by atoms with Crippen LogP contribution in [0.3, 0.4) is 0 Å². The molecule has 30 heavy (non-hydrogen) atoms. The Morgan fingerprint density at radius 1 is 1.20 bits per heavy atom. The van der Waals surface area contributed by atoms with Gasteiger partial charge in [0.25, 0.3) is 0 Å². The number of nitrogens with one attached hydrogen (secondary N) is 1. The first-order valence-electron chi connectivity index (χ1n) is 9.42. The maximum absolute atomic E-state index is 12.9. The van der Waals surface area contributed by atoms with Gasteiger partial charge in [-0.15, -0.1) is 12.4 Å². The van der Waals surface area contributed by atoms with E-state index in [-0.39, 0.29) is 24.4 Å². The van der Waals surface area contributed by atoms with E-state index >= 15 is 0 Å². The number of halogens is 2. The number of imidazole rings is 1. The van der Waals surface area contributed by atoms with E-state index in [1.54, 1.807) is 23.4 Å². The minimum atomic E-state index is -0.0524. The Balaban J connectivity index is 0.00000256. The van der Waals surface area contributed by atoms with Crippen LogP contribution in [0.4, 0.5) is 5.69 Å². The molecular formula is C22H21Cl2N5O. The molecule has 0 saturated carbocycles. The van der Waals surface area contributed by atoms with Crippen LogP contribution in [0.25, 0.3) is 0 Å². The van der Waals surface area contributed by atoms with Gasteiger partial charge in [-0.1, -0.05) is 29.8 Å². The average Bonchev–Trinajstić information content (AvgIpc) is 3.27. The Hall–Kier alpha value is -2.85. The number of carbonyl (C=O) groups excluding carboxylic acids is 1. The highest BCUT2D eigenvalue weighted by molar-refractivity contribution is 6.30.